The summed E-state index contributed by atoms with van der Waals surface area (Å²) in [5.41, 5.74) is 5.65. The zero-order valence-electron chi connectivity index (χ0n) is 12.5. The Morgan fingerprint density at radius 2 is 1.73 bits per heavy atom. The van der Waals surface area contributed by atoms with E-state index in [0.29, 0.717) is 13.1 Å². The normalized spacial score (nSPS) is 20.0. The minimum Gasteiger partial charge on any atom is -0.352 e. The maximum absolute atomic E-state index is 12.5. The zero-order valence-corrected chi connectivity index (χ0v) is 14.1. The molecule has 1 aliphatic carbocycles. The van der Waals surface area contributed by atoms with Crippen LogP contribution < -0.4 is 10.6 Å². The third-order valence-electron chi connectivity index (χ3n) is 4.36. The molecule has 1 aromatic rings. The summed E-state index contributed by atoms with van der Waals surface area (Å²) in [6.07, 6.45) is 8.93. The van der Waals surface area contributed by atoms with Crippen LogP contribution in [0.25, 0.3) is 0 Å². The van der Waals surface area contributed by atoms with E-state index in [9.17, 15) is 4.79 Å². The molecule has 0 bridgehead atoms. The van der Waals surface area contributed by atoms with Gasteiger partial charge in [-0.15, -0.1) is 24.8 Å². The number of hydrogen-bond acceptors (Lipinski definition) is 5. The number of piperazine rings is 1. The minimum atomic E-state index is -0.602. The maximum Gasteiger partial charge on any atom is 0.242 e. The van der Waals surface area contributed by atoms with Crippen molar-refractivity contribution in [3.05, 3.63) is 18.6 Å². The highest BCUT2D eigenvalue weighted by atomic mass is 35.5. The number of aromatic nitrogens is 2. The quantitative estimate of drug-likeness (QED) is 0.870. The Bertz CT molecular complexity index is 473. The van der Waals surface area contributed by atoms with Crippen molar-refractivity contribution in [2.24, 2.45) is 5.73 Å². The first-order valence-corrected chi connectivity index (χ1v) is 7.28. The molecular weight excluding hydrogens is 325 g/mol. The van der Waals surface area contributed by atoms with Crippen LogP contribution in [0.3, 0.4) is 0 Å². The van der Waals surface area contributed by atoms with Crippen molar-refractivity contribution in [3.8, 4) is 0 Å². The van der Waals surface area contributed by atoms with Crippen LogP contribution in [0.4, 0.5) is 5.82 Å². The maximum atomic E-state index is 12.5. The molecule has 1 saturated heterocycles. The highest BCUT2D eigenvalue weighted by molar-refractivity contribution is 5.86. The molecule has 22 heavy (non-hydrogen) atoms. The van der Waals surface area contributed by atoms with Crippen LogP contribution >= 0.6 is 24.8 Å². The molecule has 2 aliphatic rings. The van der Waals surface area contributed by atoms with Gasteiger partial charge < -0.3 is 15.5 Å². The molecule has 1 saturated carbocycles. The summed E-state index contributed by atoms with van der Waals surface area (Å²) >= 11 is 0. The van der Waals surface area contributed by atoms with Crippen molar-refractivity contribution in [2.45, 2.75) is 31.2 Å². The number of hydrogen-bond donors (Lipinski definition) is 1. The molecule has 0 radical (unpaired) electrons. The Hall–Kier alpha value is -1.11. The third-order valence-corrected chi connectivity index (χ3v) is 4.36. The average Bonchev–Trinajstić information content (AvgIpc) is 2.96. The van der Waals surface area contributed by atoms with Crippen molar-refractivity contribution in [2.75, 3.05) is 31.1 Å². The molecule has 8 heteroatoms. The van der Waals surface area contributed by atoms with Gasteiger partial charge in [-0.1, -0.05) is 12.8 Å². The summed E-state index contributed by atoms with van der Waals surface area (Å²) in [7, 11) is 0. The van der Waals surface area contributed by atoms with Gasteiger partial charge in [-0.25, -0.2) is 4.98 Å². The first kappa shape index (κ1) is 18.9. The van der Waals surface area contributed by atoms with E-state index in [4.69, 9.17) is 5.73 Å². The number of amides is 1. The Labute approximate surface area is 143 Å². The number of rotatable bonds is 2. The lowest BCUT2D eigenvalue weighted by Gasteiger charge is -2.38. The number of nitrogens with two attached hydrogens (primary N) is 1. The molecular formula is C14H23Cl2N5O. The average molecular weight is 348 g/mol. The van der Waals surface area contributed by atoms with Crippen LogP contribution in [0, 0.1) is 0 Å². The molecule has 1 aliphatic heterocycles. The van der Waals surface area contributed by atoms with Crippen molar-refractivity contribution in [3.63, 3.8) is 0 Å². The number of halogens is 2. The Morgan fingerprint density at radius 1 is 1.09 bits per heavy atom. The molecule has 0 aromatic carbocycles. The van der Waals surface area contributed by atoms with Crippen LogP contribution in [-0.2, 0) is 4.79 Å². The molecule has 0 spiro atoms. The van der Waals surface area contributed by atoms with Gasteiger partial charge in [-0.05, 0) is 12.8 Å². The fourth-order valence-corrected chi connectivity index (χ4v) is 3.13. The largest absolute Gasteiger partial charge is 0.352 e. The smallest absolute Gasteiger partial charge is 0.242 e. The predicted octanol–water partition coefficient (Wildman–Crippen LogP) is 1.24. The van der Waals surface area contributed by atoms with Crippen LogP contribution in [0.1, 0.15) is 25.7 Å². The van der Waals surface area contributed by atoms with Crippen molar-refractivity contribution >= 4 is 36.5 Å². The number of carbonyl (C=O) groups excluding carboxylic acids is 1. The van der Waals surface area contributed by atoms with Gasteiger partial charge in [0.25, 0.3) is 0 Å². The lowest BCUT2D eigenvalue weighted by atomic mass is 9.97. The molecule has 2 fully saturated rings. The number of nitrogens with zero attached hydrogens (tertiary/aromatic N) is 4. The van der Waals surface area contributed by atoms with Gasteiger partial charge in [0.15, 0.2) is 0 Å². The second kappa shape index (κ2) is 7.94. The molecule has 2 heterocycles. The van der Waals surface area contributed by atoms with Crippen molar-refractivity contribution < 1.29 is 4.79 Å². The van der Waals surface area contributed by atoms with E-state index >= 15 is 0 Å². The van der Waals surface area contributed by atoms with E-state index in [2.05, 4.69) is 14.9 Å². The SMILES string of the molecule is Cl.Cl.NC1(C(=O)N2CCN(c3cnccn3)CC2)CCCC1. The van der Waals surface area contributed by atoms with E-state index in [1.54, 1.807) is 18.6 Å². The second-order valence-corrected chi connectivity index (χ2v) is 5.71. The van der Waals surface area contributed by atoms with Crippen LogP contribution in [0.5, 0.6) is 0 Å². The second-order valence-electron chi connectivity index (χ2n) is 5.71. The van der Waals surface area contributed by atoms with Crippen molar-refractivity contribution in [1.29, 1.82) is 0 Å². The molecule has 1 amide bonds. The fraction of sp³-hybridized carbons (Fsp3) is 0.643. The van der Waals surface area contributed by atoms with Gasteiger partial charge in [-0.2, -0.15) is 0 Å². The zero-order chi connectivity index (χ0) is 14.0. The lowest BCUT2D eigenvalue weighted by Crippen LogP contribution is -2.58. The van der Waals surface area contributed by atoms with E-state index in [0.717, 1.165) is 44.6 Å². The summed E-state index contributed by atoms with van der Waals surface area (Å²) in [6.45, 7) is 3.02. The summed E-state index contributed by atoms with van der Waals surface area (Å²) in [4.78, 5) is 25.0. The standard InChI is InChI=1S/C14H21N5O.2ClH/c15-14(3-1-2-4-14)13(20)19-9-7-18(8-10-19)12-11-16-5-6-17-12;;/h5-6,11H,1-4,7-10,15H2;2*1H. The third kappa shape index (κ3) is 3.80. The Balaban J connectivity index is 0.00000121. The molecule has 1 aromatic heterocycles. The monoisotopic (exact) mass is 347 g/mol. The van der Waals surface area contributed by atoms with Gasteiger partial charge in [0.1, 0.15) is 5.82 Å². The van der Waals surface area contributed by atoms with Gasteiger partial charge in [0.2, 0.25) is 5.91 Å². The van der Waals surface area contributed by atoms with Crippen LogP contribution in [0.15, 0.2) is 18.6 Å². The fourth-order valence-electron chi connectivity index (χ4n) is 3.13. The topological polar surface area (TPSA) is 75.4 Å². The first-order chi connectivity index (χ1) is 9.69. The number of carbonyl (C=O) groups is 1. The molecule has 6 nitrogen and oxygen atoms in total. The van der Waals surface area contributed by atoms with Crippen LogP contribution in [0.2, 0.25) is 0 Å². The van der Waals surface area contributed by atoms with Crippen LogP contribution in [-0.4, -0.2) is 52.5 Å². The van der Waals surface area contributed by atoms with Crippen molar-refractivity contribution in [1.82, 2.24) is 14.9 Å². The molecule has 124 valence electrons. The van der Waals surface area contributed by atoms with Gasteiger partial charge >= 0.3 is 0 Å². The van der Waals surface area contributed by atoms with E-state index in [-0.39, 0.29) is 30.7 Å². The summed E-state index contributed by atoms with van der Waals surface area (Å²) in [5.74, 6) is 1.01. The molecule has 2 N–H and O–H groups in total. The summed E-state index contributed by atoms with van der Waals surface area (Å²) < 4.78 is 0. The number of anilines is 1. The van der Waals surface area contributed by atoms with Gasteiger partial charge in [-0.3, -0.25) is 9.78 Å². The van der Waals surface area contributed by atoms with Gasteiger partial charge in [0, 0.05) is 38.6 Å². The highest BCUT2D eigenvalue weighted by Crippen LogP contribution is 2.29. The van der Waals surface area contributed by atoms with E-state index in [1.165, 1.54) is 0 Å². The Morgan fingerprint density at radius 3 is 2.27 bits per heavy atom. The lowest BCUT2D eigenvalue weighted by molar-refractivity contribution is -0.137. The highest BCUT2D eigenvalue weighted by Gasteiger charge is 2.40. The summed E-state index contributed by atoms with van der Waals surface area (Å²) in [5, 5.41) is 0. The predicted molar refractivity (Wildman–Crippen MR) is 90.7 cm³/mol. The minimum absolute atomic E-state index is 0. The first-order valence-electron chi connectivity index (χ1n) is 7.28. The van der Waals surface area contributed by atoms with E-state index in [1.807, 2.05) is 4.90 Å². The van der Waals surface area contributed by atoms with Gasteiger partial charge in [0.05, 0.1) is 11.7 Å². The summed E-state index contributed by atoms with van der Waals surface area (Å²) in [6, 6.07) is 0. The molecule has 0 unspecified atom stereocenters. The molecule has 0 atom stereocenters. The molecule has 3 rings (SSSR count). The Kier molecular flexibility index (Phi) is 6.84. The van der Waals surface area contributed by atoms with E-state index < -0.39 is 5.54 Å².